The van der Waals surface area contributed by atoms with Gasteiger partial charge in [0.15, 0.2) is 5.65 Å². The third kappa shape index (κ3) is 1.85. The van der Waals surface area contributed by atoms with Crippen LogP contribution in [0.2, 0.25) is 0 Å². The van der Waals surface area contributed by atoms with Gasteiger partial charge in [-0.25, -0.2) is 9.50 Å². The van der Waals surface area contributed by atoms with Gasteiger partial charge >= 0.3 is 0 Å². The summed E-state index contributed by atoms with van der Waals surface area (Å²) in [5.41, 5.74) is 1.96. The maximum Gasteiger partial charge on any atom is 0.155 e. The molecule has 20 heavy (non-hydrogen) atoms. The number of fused-ring (bicyclic) bond motifs is 2. The first kappa shape index (κ1) is 12.6. The number of halogens is 1. The summed E-state index contributed by atoms with van der Waals surface area (Å²) in [4.78, 5) is 9.31. The smallest absolute Gasteiger partial charge is 0.155 e. The molecule has 0 spiro atoms. The van der Waals surface area contributed by atoms with Crippen molar-refractivity contribution < 1.29 is 0 Å². The zero-order chi connectivity index (χ0) is 13.9. The van der Waals surface area contributed by atoms with Crippen LogP contribution in [0.1, 0.15) is 5.69 Å². The number of rotatable bonds is 1. The van der Waals surface area contributed by atoms with Crippen molar-refractivity contribution in [2.24, 2.45) is 11.8 Å². The monoisotopic (exact) mass is 335 g/mol. The SMILES string of the molecule is Cc1c(Br)nc2ccc(N3CC4CN(C)CC4C3)nn12. The van der Waals surface area contributed by atoms with Gasteiger partial charge in [0.25, 0.3) is 0 Å². The number of hydrogen-bond acceptors (Lipinski definition) is 4. The Morgan fingerprint density at radius 1 is 1.15 bits per heavy atom. The van der Waals surface area contributed by atoms with Gasteiger partial charge in [-0.3, -0.25) is 0 Å². The van der Waals surface area contributed by atoms with Gasteiger partial charge in [0.05, 0.1) is 5.69 Å². The van der Waals surface area contributed by atoms with E-state index in [1.54, 1.807) is 0 Å². The Kier molecular flexibility index (Phi) is 2.79. The Labute approximate surface area is 126 Å². The highest BCUT2D eigenvalue weighted by Crippen LogP contribution is 2.32. The average Bonchev–Trinajstić information content (AvgIpc) is 3.02. The molecule has 2 fully saturated rings. The lowest BCUT2D eigenvalue weighted by molar-refractivity contribution is 0.386. The summed E-state index contributed by atoms with van der Waals surface area (Å²) in [6, 6.07) is 4.15. The summed E-state index contributed by atoms with van der Waals surface area (Å²) in [5.74, 6) is 2.67. The zero-order valence-electron chi connectivity index (χ0n) is 11.8. The van der Waals surface area contributed by atoms with E-state index in [9.17, 15) is 0 Å². The van der Waals surface area contributed by atoms with E-state index in [-0.39, 0.29) is 0 Å². The lowest BCUT2D eigenvalue weighted by Crippen LogP contribution is -2.27. The first-order chi connectivity index (χ1) is 9.61. The summed E-state index contributed by atoms with van der Waals surface area (Å²) in [6.45, 7) is 6.73. The van der Waals surface area contributed by atoms with E-state index in [1.165, 1.54) is 13.1 Å². The van der Waals surface area contributed by atoms with Crippen molar-refractivity contribution >= 4 is 27.4 Å². The van der Waals surface area contributed by atoms with Crippen LogP contribution in [-0.2, 0) is 0 Å². The molecule has 2 unspecified atom stereocenters. The van der Waals surface area contributed by atoms with Crippen LogP contribution in [0, 0.1) is 18.8 Å². The van der Waals surface area contributed by atoms with E-state index in [4.69, 9.17) is 5.10 Å². The summed E-state index contributed by atoms with van der Waals surface area (Å²) in [7, 11) is 2.22. The van der Waals surface area contributed by atoms with Crippen molar-refractivity contribution in [2.75, 3.05) is 38.1 Å². The molecule has 0 radical (unpaired) electrons. The molecule has 0 aromatic carbocycles. The van der Waals surface area contributed by atoms with Gasteiger partial charge in [-0.2, -0.15) is 0 Å². The standard InChI is InChI=1S/C14H18BrN5/c1-9-14(15)16-12-3-4-13(17-20(9)12)19-7-10-5-18(2)6-11(10)8-19/h3-4,10-11H,5-8H2,1-2H3. The molecular formula is C14H18BrN5. The van der Waals surface area contributed by atoms with E-state index in [2.05, 4.69) is 49.9 Å². The molecule has 0 N–H and O–H groups in total. The fraction of sp³-hybridized carbons (Fsp3) is 0.571. The number of aromatic nitrogens is 3. The summed E-state index contributed by atoms with van der Waals surface area (Å²) in [5, 5.41) is 4.76. The van der Waals surface area contributed by atoms with E-state index < -0.39 is 0 Å². The fourth-order valence-corrected chi connectivity index (χ4v) is 3.94. The molecule has 2 aliphatic rings. The van der Waals surface area contributed by atoms with Gasteiger partial charge < -0.3 is 9.80 Å². The number of nitrogens with zero attached hydrogens (tertiary/aromatic N) is 5. The van der Waals surface area contributed by atoms with Crippen LogP contribution in [0.5, 0.6) is 0 Å². The normalized spacial score (nSPS) is 26.6. The van der Waals surface area contributed by atoms with Gasteiger partial charge in [-0.05, 0) is 53.9 Å². The fourth-order valence-electron chi connectivity index (χ4n) is 3.59. The molecule has 0 amide bonds. The van der Waals surface area contributed by atoms with Crippen LogP contribution in [0.15, 0.2) is 16.7 Å². The van der Waals surface area contributed by atoms with Crippen LogP contribution in [0.4, 0.5) is 5.82 Å². The molecule has 0 aliphatic carbocycles. The highest BCUT2D eigenvalue weighted by Gasteiger charge is 2.39. The van der Waals surface area contributed by atoms with Crippen LogP contribution in [0.25, 0.3) is 5.65 Å². The molecule has 6 heteroatoms. The maximum atomic E-state index is 4.76. The second-order valence-corrected chi connectivity index (χ2v) is 6.85. The first-order valence-corrected chi connectivity index (χ1v) is 7.86. The largest absolute Gasteiger partial charge is 0.355 e. The van der Waals surface area contributed by atoms with Crippen molar-refractivity contribution in [1.29, 1.82) is 0 Å². The molecule has 106 valence electrons. The minimum absolute atomic E-state index is 0.799. The molecule has 2 saturated heterocycles. The van der Waals surface area contributed by atoms with Crippen LogP contribution >= 0.6 is 15.9 Å². The van der Waals surface area contributed by atoms with E-state index in [0.717, 1.165) is 46.7 Å². The molecule has 5 nitrogen and oxygen atoms in total. The third-order valence-corrected chi connectivity index (χ3v) is 5.37. The first-order valence-electron chi connectivity index (χ1n) is 7.07. The van der Waals surface area contributed by atoms with Gasteiger partial charge in [0.2, 0.25) is 0 Å². The zero-order valence-corrected chi connectivity index (χ0v) is 13.3. The van der Waals surface area contributed by atoms with Crippen molar-refractivity contribution in [2.45, 2.75) is 6.92 Å². The van der Waals surface area contributed by atoms with Crippen molar-refractivity contribution in [3.05, 3.63) is 22.4 Å². The highest BCUT2D eigenvalue weighted by atomic mass is 79.9. The molecule has 2 aliphatic heterocycles. The quantitative estimate of drug-likeness (QED) is 0.796. The molecule has 0 saturated carbocycles. The van der Waals surface area contributed by atoms with Crippen molar-refractivity contribution in [1.82, 2.24) is 19.5 Å². The molecule has 2 aromatic rings. The average molecular weight is 336 g/mol. The number of hydrogen-bond donors (Lipinski definition) is 0. The summed E-state index contributed by atoms with van der Waals surface area (Å²) in [6.07, 6.45) is 0. The Hall–Kier alpha value is -1.14. The topological polar surface area (TPSA) is 36.7 Å². The minimum atomic E-state index is 0.799. The second kappa shape index (κ2) is 4.43. The van der Waals surface area contributed by atoms with Crippen LogP contribution < -0.4 is 4.90 Å². The molecule has 4 rings (SSSR count). The molecule has 0 bridgehead atoms. The lowest BCUT2D eigenvalue weighted by atomic mass is 10.0. The highest BCUT2D eigenvalue weighted by molar-refractivity contribution is 9.10. The molecule has 2 atom stereocenters. The minimum Gasteiger partial charge on any atom is -0.355 e. The van der Waals surface area contributed by atoms with Crippen LogP contribution in [0.3, 0.4) is 0 Å². The van der Waals surface area contributed by atoms with Crippen LogP contribution in [-0.4, -0.2) is 52.7 Å². The Morgan fingerprint density at radius 2 is 1.85 bits per heavy atom. The van der Waals surface area contributed by atoms with E-state index in [0.29, 0.717) is 0 Å². The van der Waals surface area contributed by atoms with Crippen molar-refractivity contribution in [3.8, 4) is 0 Å². The Balaban J connectivity index is 1.65. The Bertz CT molecular complexity index is 653. The van der Waals surface area contributed by atoms with Gasteiger partial charge in [0, 0.05) is 26.2 Å². The predicted octanol–water partition coefficient (Wildman–Crippen LogP) is 1.80. The molecular weight excluding hydrogens is 318 g/mol. The third-order valence-electron chi connectivity index (χ3n) is 4.62. The second-order valence-electron chi connectivity index (χ2n) is 6.10. The maximum absolute atomic E-state index is 4.76. The number of imidazole rings is 1. The number of aryl methyl sites for hydroxylation is 1. The summed E-state index contributed by atoms with van der Waals surface area (Å²) < 4.78 is 2.81. The number of likely N-dealkylation sites (tertiary alicyclic amines) is 1. The van der Waals surface area contributed by atoms with Gasteiger partial charge in [0.1, 0.15) is 10.4 Å². The van der Waals surface area contributed by atoms with E-state index >= 15 is 0 Å². The molecule has 4 heterocycles. The van der Waals surface area contributed by atoms with Gasteiger partial charge in [-0.15, -0.1) is 5.10 Å². The summed E-state index contributed by atoms with van der Waals surface area (Å²) >= 11 is 3.47. The Morgan fingerprint density at radius 3 is 2.55 bits per heavy atom. The lowest BCUT2D eigenvalue weighted by Gasteiger charge is -2.20. The predicted molar refractivity (Wildman–Crippen MR) is 82.1 cm³/mol. The number of anilines is 1. The van der Waals surface area contributed by atoms with Gasteiger partial charge in [-0.1, -0.05) is 0 Å². The van der Waals surface area contributed by atoms with Crippen molar-refractivity contribution in [3.63, 3.8) is 0 Å². The van der Waals surface area contributed by atoms with E-state index in [1.807, 2.05) is 11.4 Å². The molecule has 2 aromatic heterocycles.